The molecule has 0 radical (unpaired) electrons. The molecule has 1 fully saturated rings. The van der Waals surface area contributed by atoms with Gasteiger partial charge in [0.2, 0.25) is 0 Å². The topological polar surface area (TPSA) is 70.8 Å². The van der Waals surface area contributed by atoms with E-state index in [0.717, 1.165) is 57.5 Å². The second kappa shape index (κ2) is 11.1. The highest BCUT2D eigenvalue weighted by Gasteiger charge is 2.20. The lowest BCUT2D eigenvalue weighted by Gasteiger charge is -2.37. The zero-order valence-electron chi connectivity index (χ0n) is 16.8. The molecular weight excluding hydrogens is 330 g/mol. The van der Waals surface area contributed by atoms with Gasteiger partial charge in [0, 0.05) is 59.3 Å². The van der Waals surface area contributed by atoms with Crippen LogP contribution in [0.3, 0.4) is 0 Å². The lowest BCUT2D eigenvalue weighted by Crippen LogP contribution is -2.53. The minimum atomic E-state index is 0.643. The van der Waals surface area contributed by atoms with Gasteiger partial charge in [0.15, 0.2) is 5.96 Å². The Bertz CT molecular complexity index is 535. The first kappa shape index (κ1) is 20.6. The van der Waals surface area contributed by atoms with Crippen LogP contribution in [0.1, 0.15) is 26.6 Å². The maximum absolute atomic E-state index is 5.15. The van der Waals surface area contributed by atoms with Gasteiger partial charge in [-0.15, -0.1) is 10.2 Å². The second-order valence-corrected chi connectivity index (χ2v) is 7.10. The van der Waals surface area contributed by atoms with Crippen molar-refractivity contribution in [2.75, 3.05) is 59.5 Å². The van der Waals surface area contributed by atoms with Gasteiger partial charge < -0.3 is 19.5 Å². The molecule has 1 saturated heterocycles. The molecule has 1 aromatic rings. The van der Waals surface area contributed by atoms with E-state index in [4.69, 9.17) is 9.73 Å². The first-order valence-electron chi connectivity index (χ1n) is 9.75. The van der Waals surface area contributed by atoms with Gasteiger partial charge in [-0.3, -0.25) is 9.89 Å². The van der Waals surface area contributed by atoms with Crippen molar-refractivity contribution in [2.24, 2.45) is 10.9 Å². The van der Waals surface area contributed by atoms with Gasteiger partial charge in [0.05, 0.1) is 13.2 Å². The summed E-state index contributed by atoms with van der Waals surface area (Å²) in [6.45, 7) is 15.0. The largest absolute Gasteiger partial charge is 0.383 e. The molecule has 0 amide bonds. The van der Waals surface area contributed by atoms with E-state index in [0.29, 0.717) is 19.1 Å². The zero-order chi connectivity index (χ0) is 18.8. The molecule has 2 heterocycles. The maximum atomic E-state index is 5.15. The van der Waals surface area contributed by atoms with E-state index in [1.807, 2.05) is 0 Å². The summed E-state index contributed by atoms with van der Waals surface area (Å²) in [5.41, 5.74) is 0. The number of aryl methyl sites for hydroxylation is 1. The minimum absolute atomic E-state index is 0.643. The highest BCUT2D eigenvalue weighted by atomic mass is 16.5. The van der Waals surface area contributed by atoms with Crippen LogP contribution in [-0.4, -0.2) is 90.1 Å². The Labute approximate surface area is 157 Å². The number of hydrogen-bond donors (Lipinski definition) is 1. The number of methoxy groups -OCH3 is 1. The third kappa shape index (κ3) is 6.57. The number of ether oxygens (including phenoxy) is 1. The molecule has 0 spiro atoms. The van der Waals surface area contributed by atoms with Crippen LogP contribution in [0.5, 0.6) is 0 Å². The molecule has 2 rings (SSSR count). The van der Waals surface area contributed by atoms with Crippen LogP contribution in [0.4, 0.5) is 0 Å². The molecule has 0 aliphatic carbocycles. The Morgan fingerprint density at radius 3 is 2.73 bits per heavy atom. The van der Waals surface area contributed by atoms with E-state index in [1.54, 1.807) is 13.4 Å². The van der Waals surface area contributed by atoms with E-state index < -0.39 is 0 Å². The Balaban J connectivity index is 1.86. The van der Waals surface area contributed by atoms with Gasteiger partial charge in [-0.2, -0.15) is 0 Å². The van der Waals surface area contributed by atoms with Crippen molar-refractivity contribution < 1.29 is 4.74 Å². The van der Waals surface area contributed by atoms with Crippen molar-refractivity contribution >= 4 is 5.96 Å². The third-order valence-electron chi connectivity index (χ3n) is 4.50. The third-order valence-corrected chi connectivity index (χ3v) is 4.50. The average Bonchev–Trinajstić information content (AvgIpc) is 3.08. The zero-order valence-corrected chi connectivity index (χ0v) is 16.8. The van der Waals surface area contributed by atoms with Crippen LogP contribution in [0.2, 0.25) is 0 Å². The lowest BCUT2D eigenvalue weighted by molar-refractivity contribution is 0.163. The summed E-state index contributed by atoms with van der Waals surface area (Å²) in [4.78, 5) is 9.63. The number of aromatic nitrogens is 3. The monoisotopic (exact) mass is 365 g/mol. The summed E-state index contributed by atoms with van der Waals surface area (Å²) in [6, 6.07) is 0. The Kier molecular flexibility index (Phi) is 8.84. The van der Waals surface area contributed by atoms with E-state index in [2.05, 4.69) is 50.7 Å². The van der Waals surface area contributed by atoms with Crippen molar-refractivity contribution in [3.8, 4) is 0 Å². The summed E-state index contributed by atoms with van der Waals surface area (Å²) in [5.74, 6) is 2.72. The quantitative estimate of drug-likeness (QED) is 0.395. The summed E-state index contributed by atoms with van der Waals surface area (Å²) in [5, 5.41) is 11.7. The maximum Gasteiger partial charge on any atom is 0.194 e. The number of piperazine rings is 1. The fourth-order valence-electron chi connectivity index (χ4n) is 3.20. The highest BCUT2D eigenvalue weighted by molar-refractivity contribution is 5.80. The van der Waals surface area contributed by atoms with Gasteiger partial charge in [-0.1, -0.05) is 20.8 Å². The minimum Gasteiger partial charge on any atom is -0.383 e. The predicted molar refractivity (Wildman–Crippen MR) is 104 cm³/mol. The lowest BCUT2D eigenvalue weighted by atomic mass is 10.2. The number of nitrogens with one attached hydrogen (secondary N) is 1. The highest BCUT2D eigenvalue weighted by Crippen LogP contribution is 2.06. The van der Waals surface area contributed by atoms with Crippen LogP contribution in [0.25, 0.3) is 0 Å². The van der Waals surface area contributed by atoms with Crippen molar-refractivity contribution in [2.45, 2.75) is 33.7 Å². The molecule has 1 N–H and O–H groups in total. The van der Waals surface area contributed by atoms with Crippen LogP contribution in [0.15, 0.2) is 11.3 Å². The SMILES string of the molecule is CCc1nncn1CCNC(=NCCOC)N1CCN(CC(C)C)CC1. The molecule has 0 aromatic carbocycles. The standard InChI is InChI=1S/C18H35N7O/c1-5-17-22-21-15-25(17)8-6-19-18(20-7-13-26-4)24-11-9-23(10-12-24)14-16(2)3/h15-16H,5-14H2,1-4H3,(H,19,20). The fourth-order valence-corrected chi connectivity index (χ4v) is 3.20. The molecule has 1 aliphatic heterocycles. The molecule has 0 bridgehead atoms. The van der Waals surface area contributed by atoms with Gasteiger partial charge >= 0.3 is 0 Å². The van der Waals surface area contributed by atoms with Gasteiger partial charge in [0.25, 0.3) is 0 Å². The molecule has 26 heavy (non-hydrogen) atoms. The molecule has 148 valence electrons. The number of rotatable bonds is 9. The molecule has 0 unspecified atom stereocenters. The first-order valence-corrected chi connectivity index (χ1v) is 9.75. The molecule has 1 aliphatic rings. The van der Waals surface area contributed by atoms with Crippen LogP contribution < -0.4 is 5.32 Å². The number of aliphatic imine (C=N–C) groups is 1. The van der Waals surface area contributed by atoms with Crippen molar-refractivity contribution in [1.82, 2.24) is 29.9 Å². The predicted octanol–water partition coefficient (Wildman–Crippen LogP) is 0.706. The Morgan fingerprint density at radius 2 is 2.08 bits per heavy atom. The number of nitrogens with zero attached hydrogens (tertiary/aromatic N) is 6. The van der Waals surface area contributed by atoms with Crippen molar-refractivity contribution in [1.29, 1.82) is 0 Å². The molecule has 0 saturated carbocycles. The van der Waals surface area contributed by atoms with E-state index in [1.165, 1.54) is 6.54 Å². The number of guanidine groups is 1. The Hall–Kier alpha value is -1.67. The summed E-state index contributed by atoms with van der Waals surface area (Å²) < 4.78 is 7.25. The summed E-state index contributed by atoms with van der Waals surface area (Å²) in [6.07, 6.45) is 2.69. The molecule has 8 nitrogen and oxygen atoms in total. The summed E-state index contributed by atoms with van der Waals surface area (Å²) >= 11 is 0. The molecule has 8 heteroatoms. The van der Waals surface area contributed by atoms with E-state index in [-0.39, 0.29) is 0 Å². The fraction of sp³-hybridized carbons (Fsp3) is 0.833. The van der Waals surface area contributed by atoms with Crippen LogP contribution in [0, 0.1) is 5.92 Å². The smallest absolute Gasteiger partial charge is 0.194 e. The van der Waals surface area contributed by atoms with E-state index in [9.17, 15) is 0 Å². The van der Waals surface area contributed by atoms with Crippen LogP contribution >= 0.6 is 0 Å². The second-order valence-electron chi connectivity index (χ2n) is 7.10. The van der Waals surface area contributed by atoms with E-state index >= 15 is 0 Å². The first-order chi connectivity index (χ1) is 12.6. The van der Waals surface area contributed by atoms with Gasteiger partial charge in [-0.25, -0.2) is 0 Å². The van der Waals surface area contributed by atoms with Crippen LogP contribution in [-0.2, 0) is 17.7 Å². The molecular formula is C18H35N7O. The number of hydrogen-bond acceptors (Lipinski definition) is 5. The Morgan fingerprint density at radius 1 is 1.31 bits per heavy atom. The van der Waals surface area contributed by atoms with Gasteiger partial charge in [-0.05, 0) is 5.92 Å². The van der Waals surface area contributed by atoms with Crippen molar-refractivity contribution in [3.05, 3.63) is 12.2 Å². The average molecular weight is 366 g/mol. The van der Waals surface area contributed by atoms with Gasteiger partial charge in [0.1, 0.15) is 12.2 Å². The molecule has 1 aromatic heterocycles. The normalized spacial score (nSPS) is 16.5. The summed E-state index contributed by atoms with van der Waals surface area (Å²) in [7, 11) is 1.71. The van der Waals surface area contributed by atoms with Crippen molar-refractivity contribution in [3.63, 3.8) is 0 Å². The molecule has 0 atom stereocenters.